The van der Waals surface area contributed by atoms with Crippen LogP contribution in [0.2, 0.25) is 0 Å². The Balaban J connectivity index is 2.95. The zero-order valence-corrected chi connectivity index (χ0v) is 9.24. The fraction of sp³-hybridized carbons (Fsp3) is 0.143. The molecule has 78 valence electrons. The van der Waals surface area contributed by atoms with Crippen LogP contribution < -0.4 is 0 Å². The first-order valence-corrected chi connectivity index (χ1v) is 5.08. The Morgan fingerprint density at radius 3 is 2.62 bits per heavy atom. The number of hydrogen-bond acceptors (Lipinski definition) is 2. The van der Waals surface area contributed by atoms with E-state index in [2.05, 4.69) is 6.07 Å². The van der Waals surface area contributed by atoms with Gasteiger partial charge in [-0.2, -0.15) is 5.26 Å². The summed E-state index contributed by atoms with van der Waals surface area (Å²) in [5.41, 5.74) is 2.01. The third-order valence-corrected chi connectivity index (χ3v) is 2.80. The lowest BCUT2D eigenvalue weighted by Gasteiger charge is -2.08. The molecule has 0 atom stereocenters. The van der Waals surface area contributed by atoms with Crippen LogP contribution in [0.25, 0.3) is 10.8 Å². The number of nitrogens with zero attached hydrogens (tertiary/aromatic N) is 1. The second kappa shape index (κ2) is 3.79. The first kappa shape index (κ1) is 10.4. The SMILES string of the molecule is CC(=O)c1cc2ccccc2c(C#N)c1C. The lowest BCUT2D eigenvalue weighted by Crippen LogP contribution is -1.99. The molecule has 0 heterocycles. The molecule has 0 aliphatic heterocycles. The van der Waals surface area contributed by atoms with Gasteiger partial charge in [-0.3, -0.25) is 4.79 Å². The lowest BCUT2D eigenvalue weighted by molar-refractivity contribution is 0.101. The zero-order valence-electron chi connectivity index (χ0n) is 9.24. The summed E-state index contributed by atoms with van der Waals surface area (Å²) < 4.78 is 0. The van der Waals surface area contributed by atoms with Crippen molar-refractivity contribution in [1.29, 1.82) is 5.26 Å². The van der Waals surface area contributed by atoms with Crippen molar-refractivity contribution in [3.05, 3.63) is 47.0 Å². The maximum Gasteiger partial charge on any atom is 0.160 e. The topological polar surface area (TPSA) is 40.9 Å². The fourth-order valence-electron chi connectivity index (χ4n) is 1.96. The number of Topliss-reactive ketones (excluding diaryl/α,β-unsaturated/α-hetero) is 1. The number of fused-ring (bicyclic) bond motifs is 1. The molecular formula is C14H11NO. The van der Waals surface area contributed by atoms with E-state index < -0.39 is 0 Å². The molecule has 0 saturated heterocycles. The molecule has 0 spiro atoms. The minimum absolute atomic E-state index is 0.000229. The van der Waals surface area contributed by atoms with E-state index in [1.807, 2.05) is 37.3 Å². The summed E-state index contributed by atoms with van der Waals surface area (Å²) in [7, 11) is 0. The molecule has 2 nitrogen and oxygen atoms in total. The molecule has 0 aromatic heterocycles. The molecule has 2 aromatic rings. The van der Waals surface area contributed by atoms with Crippen molar-refractivity contribution in [1.82, 2.24) is 0 Å². The summed E-state index contributed by atoms with van der Waals surface area (Å²) in [4.78, 5) is 11.5. The van der Waals surface area contributed by atoms with Crippen LogP contribution in [-0.2, 0) is 0 Å². The Morgan fingerprint density at radius 1 is 1.31 bits per heavy atom. The predicted molar refractivity (Wildman–Crippen MR) is 63.4 cm³/mol. The van der Waals surface area contributed by atoms with Crippen molar-refractivity contribution in [2.75, 3.05) is 0 Å². The van der Waals surface area contributed by atoms with Crippen molar-refractivity contribution in [3.8, 4) is 6.07 Å². The molecule has 0 bridgehead atoms. The molecule has 16 heavy (non-hydrogen) atoms. The van der Waals surface area contributed by atoms with Crippen LogP contribution in [0, 0.1) is 18.3 Å². The van der Waals surface area contributed by atoms with E-state index in [1.54, 1.807) is 0 Å². The number of ketones is 1. The molecular weight excluding hydrogens is 198 g/mol. The lowest BCUT2D eigenvalue weighted by atomic mass is 9.94. The zero-order chi connectivity index (χ0) is 11.7. The molecule has 0 amide bonds. The normalized spacial score (nSPS) is 10.1. The molecule has 0 aliphatic rings. The first-order chi connectivity index (χ1) is 7.65. The molecule has 0 unspecified atom stereocenters. The van der Waals surface area contributed by atoms with Gasteiger partial charge in [0.05, 0.1) is 5.56 Å². The van der Waals surface area contributed by atoms with Crippen molar-refractivity contribution in [2.45, 2.75) is 13.8 Å². The molecule has 0 aliphatic carbocycles. The highest BCUT2D eigenvalue weighted by Crippen LogP contribution is 2.25. The van der Waals surface area contributed by atoms with Gasteiger partial charge in [-0.1, -0.05) is 24.3 Å². The van der Waals surface area contributed by atoms with E-state index in [0.717, 1.165) is 16.3 Å². The van der Waals surface area contributed by atoms with Crippen molar-refractivity contribution < 1.29 is 4.79 Å². The Kier molecular flexibility index (Phi) is 2.46. The molecule has 2 heteroatoms. The minimum Gasteiger partial charge on any atom is -0.295 e. The van der Waals surface area contributed by atoms with E-state index in [9.17, 15) is 4.79 Å². The highest BCUT2D eigenvalue weighted by Gasteiger charge is 2.11. The van der Waals surface area contributed by atoms with Gasteiger partial charge in [-0.15, -0.1) is 0 Å². The highest BCUT2D eigenvalue weighted by atomic mass is 16.1. The number of rotatable bonds is 1. The van der Waals surface area contributed by atoms with Gasteiger partial charge < -0.3 is 0 Å². The minimum atomic E-state index is -0.000229. The Morgan fingerprint density at radius 2 is 2.00 bits per heavy atom. The van der Waals surface area contributed by atoms with E-state index in [0.29, 0.717) is 11.1 Å². The van der Waals surface area contributed by atoms with Crippen LogP contribution in [0.15, 0.2) is 30.3 Å². The second-order valence-electron chi connectivity index (χ2n) is 3.81. The molecule has 2 aromatic carbocycles. The Labute approximate surface area is 94.1 Å². The van der Waals surface area contributed by atoms with Gasteiger partial charge in [-0.25, -0.2) is 0 Å². The first-order valence-electron chi connectivity index (χ1n) is 5.08. The molecule has 0 N–H and O–H groups in total. The van der Waals surface area contributed by atoms with Gasteiger partial charge in [-0.05, 0) is 36.2 Å². The maximum atomic E-state index is 11.5. The summed E-state index contributed by atoms with van der Waals surface area (Å²) in [5, 5.41) is 11.0. The van der Waals surface area contributed by atoms with Crippen molar-refractivity contribution in [2.24, 2.45) is 0 Å². The van der Waals surface area contributed by atoms with Crippen molar-refractivity contribution >= 4 is 16.6 Å². The van der Waals surface area contributed by atoms with Gasteiger partial charge in [0.15, 0.2) is 5.78 Å². The third-order valence-electron chi connectivity index (χ3n) is 2.80. The molecule has 0 radical (unpaired) electrons. The number of nitriles is 1. The summed E-state index contributed by atoms with van der Waals surface area (Å²) in [6, 6.07) is 11.7. The van der Waals surface area contributed by atoms with Gasteiger partial charge in [0.2, 0.25) is 0 Å². The largest absolute Gasteiger partial charge is 0.295 e. The van der Waals surface area contributed by atoms with Crippen LogP contribution >= 0.6 is 0 Å². The fourth-order valence-corrected chi connectivity index (χ4v) is 1.96. The van der Waals surface area contributed by atoms with Crippen LogP contribution in [0.3, 0.4) is 0 Å². The quantitative estimate of drug-likeness (QED) is 0.676. The average Bonchev–Trinajstić information content (AvgIpc) is 2.28. The molecule has 0 fully saturated rings. The van der Waals surface area contributed by atoms with Crippen LogP contribution in [0.5, 0.6) is 0 Å². The number of hydrogen-bond donors (Lipinski definition) is 0. The third kappa shape index (κ3) is 1.47. The number of carbonyl (C=O) groups excluding carboxylic acids is 1. The summed E-state index contributed by atoms with van der Waals surface area (Å²) in [6.07, 6.45) is 0. The summed E-state index contributed by atoms with van der Waals surface area (Å²) in [5.74, 6) is -0.000229. The average molecular weight is 209 g/mol. The summed E-state index contributed by atoms with van der Waals surface area (Å²) >= 11 is 0. The van der Waals surface area contributed by atoms with Crippen LogP contribution in [-0.4, -0.2) is 5.78 Å². The Bertz CT molecular complexity index is 620. The summed E-state index contributed by atoms with van der Waals surface area (Å²) in [6.45, 7) is 3.35. The smallest absolute Gasteiger partial charge is 0.160 e. The second-order valence-corrected chi connectivity index (χ2v) is 3.81. The predicted octanol–water partition coefficient (Wildman–Crippen LogP) is 3.22. The maximum absolute atomic E-state index is 11.5. The van der Waals surface area contributed by atoms with E-state index in [1.165, 1.54) is 6.92 Å². The van der Waals surface area contributed by atoms with E-state index >= 15 is 0 Å². The highest BCUT2D eigenvalue weighted by molar-refractivity contribution is 6.02. The number of benzene rings is 2. The van der Waals surface area contributed by atoms with E-state index in [4.69, 9.17) is 5.26 Å². The van der Waals surface area contributed by atoms with Crippen LogP contribution in [0.1, 0.15) is 28.4 Å². The Hall–Kier alpha value is -2.14. The van der Waals surface area contributed by atoms with Gasteiger partial charge >= 0.3 is 0 Å². The molecule has 2 rings (SSSR count). The standard InChI is InChI=1S/C14H11NO/c1-9-13(10(2)16)7-11-5-3-4-6-12(11)14(9)8-15/h3-7H,1-2H3. The molecule has 0 saturated carbocycles. The van der Waals surface area contributed by atoms with Crippen LogP contribution in [0.4, 0.5) is 0 Å². The van der Waals surface area contributed by atoms with Gasteiger partial charge in [0.1, 0.15) is 6.07 Å². The monoisotopic (exact) mass is 209 g/mol. The van der Waals surface area contributed by atoms with E-state index in [-0.39, 0.29) is 5.78 Å². The van der Waals surface area contributed by atoms with Gasteiger partial charge in [0.25, 0.3) is 0 Å². The number of carbonyl (C=O) groups is 1. The van der Waals surface area contributed by atoms with Crippen molar-refractivity contribution in [3.63, 3.8) is 0 Å². The van der Waals surface area contributed by atoms with Gasteiger partial charge in [0, 0.05) is 5.56 Å².